The van der Waals surface area contributed by atoms with Gasteiger partial charge >= 0.3 is 0 Å². The first-order chi connectivity index (χ1) is 7.69. The minimum absolute atomic E-state index is 0.0474. The maximum absolute atomic E-state index is 11.9. The minimum atomic E-state index is -0.375. The van der Waals surface area contributed by atoms with Crippen LogP contribution in [0.25, 0.3) is 0 Å². The fourth-order valence-electron chi connectivity index (χ4n) is 1.32. The Labute approximate surface area is 95.4 Å². The van der Waals surface area contributed by atoms with Crippen LogP contribution >= 0.6 is 0 Å². The lowest BCUT2D eigenvalue weighted by Crippen LogP contribution is -2.06. The third-order valence-electron chi connectivity index (χ3n) is 2.25. The van der Waals surface area contributed by atoms with Gasteiger partial charge in [0.15, 0.2) is 11.5 Å². The van der Waals surface area contributed by atoms with E-state index in [9.17, 15) is 4.39 Å². The zero-order valence-electron chi connectivity index (χ0n) is 9.70. The van der Waals surface area contributed by atoms with E-state index in [1.54, 1.807) is 13.2 Å². The van der Waals surface area contributed by atoms with Gasteiger partial charge in [-0.15, -0.1) is 0 Å². The van der Waals surface area contributed by atoms with Crippen LogP contribution in [0.4, 0.5) is 4.39 Å². The molecule has 0 radical (unpaired) electrons. The molecule has 1 aromatic rings. The number of benzene rings is 1. The Morgan fingerprint density at radius 1 is 1.38 bits per heavy atom. The first kappa shape index (κ1) is 12.8. The van der Waals surface area contributed by atoms with Gasteiger partial charge in [0.05, 0.1) is 20.4 Å². The second-order valence-electron chi connectivity index (χ2n) is 3.59. The molecule has 0 saturated carbocycles. The van der Waals surface area contributed by atoms with E-state index >= 15 is 0 Å². The maximum Gasteiger partial charge on any atom is 0.161 e. The topological polar surface area (TPSA) is 44.5 Å². The molecule has 0 bridgehead atoms. The van der Waals surface area contributed by atoms with Crippen molar-refractivity contribution in [2.45, 2.75) is 19.4 Å². The second-order valence-corrected chi connectivity index (χ2v) is 3.59. The van der Waals surface area contributed by atoms with Gasteiger partial charge in [-0.25, -0.2) is 0 Å². The molecule has 0 aliphatic rings. The Hall–Kier alpha value is -1.29. The number of hydrogen-bond donors (Lipinski definition) is 1. The molecule has 4 heteroatoms. The van der Waals surface area contributed by atoms with E-state index < -0.39 is 0 Å². The van der Waals surface area contributed by atoms with Crippen molar-refractivity contribution in [1.29, 1.82) is 0 Å². The van der Waals surface area contributed by atoms with Gasteiger partial charge in [-0.1, -0.05) is 6.07 Å². The molecular weight excluding hydrogens is 209 g/mol. The Bertz CT molecular complexity index is 329. The van der Waals surface area contributed by atoms with Gasteiger partial charge in [0.25, 0.3) is 0 Å². The number of halogens is 1. The average molecular weight is 227 g/mol. The van der Waals surface area contributed by atoms with E-state index in [0.717, 1.165) is 5.56 Å². The summed E-state index contributed by atoms with van der Waals surface area (Å²) in [5.41, 5.74) is 6.74. The molecule has 1 rings (SSSR count). The first-order valence-corrected chi connectivity index (χ1v) is 5.31. The molecule has 90 valence electrons. The van der Waals surface area contributed by atoms with Crippen LogP contribution in [-0.2, 0) is 0 Å². The molecule has 0 aliphatic carbocycles. The zero-order valence-corrected chi connectivity index (χ0v) is 9.70. The molecule has 0 aromatic heterocycles. The molecular formula is C12H18FNO2. The van der Waals surface area contributed by atoms with E-state index in [1.807, 2.05) is 19.1 Å². The summed E-state index contributed by atoms with van der Waals surface area (Å²) in [6.07, 6.45) is 0.387. The largest absolute Gasteiger partial charge is 0.493 e. The van der Waals surface area contributed by atoms with Crippen LogP contribution in [0.3, 0.4) is 0 Å². The standard InChI is InChI=1S/C12H18FNO2/c1-9(14)10-4-5-11(12(8-10)15-2)16-7-3-6-13/h4-5,8-9H,3,6-7,14H2,1-2H3. The monoisotopic (exact) mass is 227 g/mol. The first-order valence-electron chi connectivity index (χ1n) is 5.31. The SMILES string of the molecule is COc1cc(C(C)N)ccc1OCCCF. The third kappa shape index (κ3) is 3.38. The second kappa shape index (κ2) is 6.33. The number of hydrogen-bond acceptors (Lipinski definition) is 3. The lowest BCUT2D eigenvalue weighted by molar-refractivity contribution is 0.273. The van der Waals surface area contributed by atoms with Crippen molar-refractivity contribution in [2.24, 2.45) is 5.73 Å². The van der Waals surface area contributed by atoms with Gasteiger partial charge in [-0.05, 0) is 24.6 Å². The molecule has 1 aromatic carbocycles. The molecule has 1 unspecified atom stereocenters. The molecule has 1 atom stereocenters. The molecule has 0 amide bonds. The number of ether oxygens (including phenoxy) is 2. The van der Waals surface area contributed by atoms with Crippen molar-refractivity contribution in [3.05, 3.63) is 23.8 Å². The van der Waals surface area contributed by atoms with Crippen molar-refractivity contribution in [1.82, 2.24) is 0 Å². The minimum Gasteiger partial charge on any atom is -0.493 e. The summed E-state index contributed by atoms with van der Waals surface area (Å²) in [6.45, 7) is 1.88. The lowest BCUT2D eigenvalue weighted by Gasteiger charge is -2.13. The van der Waals surface area contributed by atoms with Gasteiger partial charge in [-0.2, -0.15) is 0 Å². The number of nitrogens with two attached hydrogens (primary N) is 1. The van der Waals surface area contributed by atoms with Crippen molar-refractivity contribution < 1.29 is 13.9 Å². The molecule has 2 N–H and O–H groups in total. The molecule has 0 spiro atoms. The highest BCUT2D eigenvalue weighted by molar-refractivity contribution is 5.43. The summed E-state index contributed by atoms with van der Waals surface area (Å²) in [6, 6.07) is 5.48. The molecule has 3 nitrogen and oxygen atoms in total. The zero-order chi connectivity index (χ0) is 12.0. The third-order valence-corrected chi connectivity index (χ3v) is 2.25. The molecule has 0 heterocycles. The van der Waals surface area contributed by atoms with Crippen LogP contribution in [0.1, 0.15) is 24.9 Å². The molecule has 16 heavy (non-hydrogen) atoms. The quantitative estimate of drug-likeness (QED) is 0.759. The average Bonchev–Trinajstić information content (AvgIpc) is 2.29. The predicted octanol–water partition coefficient (Wildman–Crippen LogP) is 2.45. The fourth-order valence-corrected chi connectivity index (χ4v) is 1.32. The van der Waals surface area contributed by atoms with Crippen LogP contribution in [0.2, 0.25) is 0 Å². The van der Waals surface area contributed by atoms with Crippen LogP contribution < -0.4 is 15.2 Å². The fraction of sp³-hybridized carbons (Fsp3) is 0.500. The van der Waals surface area contributed by atoms with Gasteiger partial charge in [0, 0.05) is 12.5 Å². The van der Waals surface area contributed by atoms with E-state index in [4.69, 9.17) is 15.2 Å². The summed E-state index contributed by atoms with van der Waals surface area (Å²) in [7, 11) is 1.57. The highest BCUT2D eigenvalue weighted by Crippen LogP contribution is 2.29. The van der Waals surface area contributed by atoms with E-state index in [2.05, 4.69) is 0 Å². The number of rotatable bonds is 6. The molecule has 0 saturated heterocycles. The van der Waals surface area contributed by atoms with E-state index in [0.29, 0.717) is 24.5 Å². The van der Waals surface area contributed by atoms with Gasteiger partial charge in [0.1, 0.15) is 0 Å². The van der Waals surface area contributed by atoms with Crippen molar-refractivity contribution >= 4 is 0 Å². The summed E-state index contributed by atoms with van der Waals surface area (Å²) in [5, 5.41) is 0. The normalized spacial score (nSPS) is 12.2. The van der Waals surface area contributed by atoms with Crippen molar-refractivity contribution in [2.75, 3.05) is 20.4 Å². The molecule has 0 fully saturated rings. The van der Waals surface area contributed by atoms with E-state index in [-0.39, 0.29) is 12.7 Å². The Morgan fingerprint density at radius 2 is 2.12 bits per heavy atom. The van der Waals surface area contributed by atoms with Crippen molar-refractivity contribution in [3.63, 3.8) is 0 Å². The van der Waals surface area contributed by atoms with Gasteiger partial charge < -0.3 is 15.2 Å². The molecule has 0 aliphatic heterocycles. The Morgan fingerprint density at radius 3 is 2.69 bits per heavy atom. The Kier molecular flexibility index (Phi) is 5.05. The van der Waals surface area contributed by atoms with E-state index in [1.165, 1.54) is 0 Å². The van der Waals surface area contributed by atoms with Crippen molar-refractivity contribution in [3.8, 4) is 11.5 Å². The number of alkyl halides is 1. The van der Waals surface area contributed by atoms with Crippen LogP contribution in [-0.4, -0.2) is 20.4 Å². The van der Waals surface area contributed by atoms with Crippen LogP contribution in [0.15, 0.2) is 18.2 Å². The summed E-state index contributed by atoms with van der Waals surface area (Å²) < 4.78 is 22.5. The smallest absolute Gasteiger partial charge is 0.161 e. The number of methoxy groups -OCH3 is 1. The predicted molar refractivity (Wildman–Crippen MR) is 61.7 cm³/mol. The lowest BCUT2D eigenvalue weighted by atomic mass is 10.1. The van der Waals surface area contributed by atoms with Crippen LogP contribution in [0.5, 0.6) is 11.5 Å². The van der Waals surface area contributed by atoms with Gasteiger partial charge in [0.2, 0.25) is 0 Å². The summed E-state index contributed by atoms with van der Waals surface area (Å²) >= 11 is 0. The van der Waals surface area contributed by atoms with Gasteiger partial charge in [-0.3, -0.25) is 4.39 Å². The highest BCUT2D eigenvalue weighted by atomic mass is 19.1. The highest BCUT2D eigenvalue weighted by Gasteiger charge is 2.07. The maximum atomic E-state index is 11.9. The summed E-state index contributed by atoms with van der Waals surface area (Å²) in [5.74, 6) is 1.26. The Balaban J connectivity index is 2.76. The van der Waals surface area contributed by atoms with Crippen LogP contribution in [0, 0.1) is 0 Å². The summed E-state index contributed by atoms with van der Waals surface area (Å²) in [4.78, 5) is 0.